The summed E-state index contributed by atoms with van der Waals surface area (Å²) >= 11 is 0. The average molecular weight is 353 g/mol. The zero-order chi connectivity index (χ0) is 18.1. The van der Waals surface area contributed by atoms with Crippen LogP contribution in [-0.4, -0.2) is 45.0 Å². The van der Waals surface area contributed by atoms with E-state index in [1.807, 2.05) is 25.1 Å². The highest BCUT2D eigenvalue weighted by atomic mass is 16.2. The number of hydrogen-bond acceptors (Lipinski definition) is 4. The lowest BCUT2D eigenvalue weighted by Gasteiger charge is -2.31. The van der Waals surface area contributed by atoms with Crippen LogP contribution in [0.4, 0.5) is 5.82 Å². The molecule has 136 valence electrons. The zero-order valence-corrected chi connectivity index (χ0v) is 14.9. The van der Waals surface area contributed by atoms with Crippen LogP contribution in [0, 0.1) is 12.8 Å². The summed E-state index contributed by atoms with van der Waals surface area (Å²) in [6, 6.07) is 5.61. The Kier molecular flexibility index (Phi) is 4.44. The molecule has 2 aromatic rings. The maximum Gasteiger partial charge on any atom is 0.274 e. The number of piperidine rings is 1. The van der Waals surface area contributed by atoms with E-state index in [1.54, 1.807) is 11.1 Å². The average Bonchev–Trinajstić information content (AvgIpc) is 3.40. The molecule has 2 fully saturated rings. The van der Waals surface area contributed by atoms with Crippen molar-refractivity contribution in [3.8, 4) is 0 Å². The van der Waals surface area contributed by atoms with Crippen molar-refractivity contribution in [2.45, 2.75) is 38.5 Å². The second-order valence-corrected chi connectivity index (χ2v) is 7.23. The predicted octanol–water partition coefficient (Wildman–Crippen LogP) is 2.48. The van der Waals surface area contributed by atoms with Crippen molar-refractivity contribution in [3.05, 3.63) is 41.3 Å². The summed E-state index contributed by atoms with van der Waals surface area (Å²) in [5.74, 6) is 0.716. The number of hydrogen-bond donors (Lipinski definition) is 2. The van der Waals surface area contributed by atoms with Gasteiger partial charge in [-0.15, -0.1) is 0 Å². The van der Waals surface area contributed by atoms with E-state index in [0.717, 1.165) is 36.9 Å². The summed E-state index contributed by atoms with van der Waals surface area (Å²) in [4.78, 5) is 31.3. The summed E-state index contributed by atoms with van der Waals surface area (Å²) in [6.45, 7) is 2.99. The van der Waals surface area contributed by atoms with Gasteiger partial charge in [0.2, 0.25) is 5.91 Å². The second-order valence-electron chi connectivity index (χ2n) is 7.23. The van der Waals surface area contributed by atoms with Gasteiger partial charge >= 0.3 is 0 Å². The van der Waals surface area contributed by atoms with Crippen LogP contribution in [0.5, 0.6) is 0 Å². The van der Waals surface area contributed by atoms with Crippen LogP contribution in [0.1, 0.15) is 53.3 Å². The fraction of sp³-hybridized carbons (Fsp3) is 0.474. The van der Waals surface area contributed by atoms with Gasteiger partial charge in [-0.3, -0.25) is 14.7 Å². The molecule has 1 saturated carbocycles. The van der Waals surface area contributed by atoms with Crippen molar-refractivity contribution in [3.63, 3.8) is 0 Å². The molecule has 2 aromatic heterocycles. The molecule has 0 bridgehead atoms. The van der Waals surface area contributed by atoms with E-state index in [9.17, 15) is 9.59 Å². The van der Waals surface area contributed by atoms with Crippen LogP contribution < -0.4 is 5.32 Å². The maximum absolute atomic E-state index is 12.7. The molecule has 2 amide bonds. The second kappa shape index (κ2) is 6.90. The predicted molar refractivity (Wildman–Crippen MR) is 96.8 cm³/mol. The lowest BCUT2D eigenvalue weighted by atomic mass is 9.96. The topological polar surface area (TPSA) is 91.0 Å². The molecule has 0 aromatic carbocycles. The van der Waals surface area contributed by atoms with Gasteiger partial charge in [0.25, 0.3) is 5.91 Å². The van der Waals surface area contributed by atoms with E-state index in [4.69, 9.17) is 0 Å². The van der Waals surface area contributed by atoms with E-state index in [1.165, 1.54) is 0 Å². The Bertz CT molecular complexity index is 827. The number of aromatic amines is 1. The number of likely N-dealkylation sites (tertiary alicyclic amines) is 1. The van der Waals surface area contributed by atoms with Gasteiger partial charge in [-0.25, -0.2) is 4.98 Å². The number of nitrogens with zero attached hydrogens (tertiary/aromatic N) is 3. The zero-order valence-electron chi connectivity index (χ0n) is 14.9. The largest absolute Gasteiger partial charge is 0.336 e. The Hall–Kier alpha value is -2.70. The number of aromatic nitrogens is 3. The number of carbonyl (C=O) groups is 2. The van der Waals surface area contributed by atoms with Crippen LogP contribution in [-0.2, 0) is 4.79 Å². The van der Waals surface area contributed by atoms with Crippen LogP contribution in [0.15, 0.2) is 24.4 Å². The molecule has 0 unspecified atom stereocenters. The van der Waals surface area contributed by atoms with Crippen molar-refractivity contribution in [1.82, 2.24) is 20.1 Å². The summed E-state index contributed by atoms with van der Waals surface area (Å²) in [5, 5.41) is 10.0. The first-order valence-electron chi connectivity index (χ1n) is 9.19. The summed E-state index contributed by atoms with van der Waals surface area (Å²) in [7, 11) is 0. The van der Waals surface area contributed by atoms with Crippen LogP contribution in [0.25, 0.3) is 0 Å². The first-order valence-corrected chi connectivity index (χ1v) is 9.19. The third kappa shape index (κ3) is 3.47. The Morgan fingerprint density at radius 1 is 1.31 bits per heavy atom. The van der Waals surface area contributed by atoms with Gasteiger partial charge in [0.1, 0.15) is 11.5 Å². The minimum absolute atomic E-state index is 0.0787. The summed E-state index contributed by atoms with van der Waals surface area (Å²) in [6.07, 6.45) is 5.57. The van der Waals surface area contributed by atoms with Crippen LogP contribution in [0.3, 0.4) is 0 Å². The molecule has 1 aliphatic heterocycles. The van der Waals surface area contributed by atoms with Gasteiger partial charge in [-0.1, -0.05) is 6.07 Å². The van der Waals surface area contributed by atoms with E-state index < -0.39 is 0 Å². The number of amides is 2. The third-order valence-corrected chi connectivity index (χ3v) is 5.16. The molecule has 1 aliphatic carbocycles. The highest BCUT2D eigenvalue weighted by Gasteiger charge is 2.31. The van der Waals surface area contributed by atoms with Crippen molar-refractivity contribution >= 4 is 17.6 Å². The number of rotatable bonds is 4. The van der Waals surface area contributed by atoms with Crippen molar-refractivity contribution in [1.29, 1.82) is 0 Å². The first-order chi connectivity index (χ1) is 12.6. The van der Waals surface area contributed by atoms with Gasteiger partial charge in [0.05, 0.1) is 5.92 Å². The number of nitrogens with one attached hydrogen (secondary N) is 2. The van der Waals surface area contributed by atoms with E-state index in [-0.39, 0.29) is 17.7 Å². The van der Waals surface area contributed by atoms with Gasteiger partial charge < -0.3 is 10.2 Å². The number of carbonyl (C=O) groups excluding carboxylic acids is 2. The highest BCUT2D eigenvalue weighted by molar-refractivity contribution is 5.95. The molecule has 0 radical (unpaired) electrons. The van der Waals surface area contributed by atoms with Gasteiger partial charge in [-0.05, 0) is 50.3 Å². The van der Waals surface area contributed by atoms with Gasteiger partial charge in [-0.2, -0.15) is 5.10 Å². The smallest absolute Gasteiger partial charge is 0.274 e. The Balaban J connectivity index is 1.40. The standard InChI is InChI=1S/C19H23N5O2/c1-12-4-2-8-20-17(12)21-18(25)14-5-3-9-24(11-14)19(26)16-10-15(22-23-16)13-6-7-13/h2,4,8,10,13-14H,3,5-7,9,11H2,1H3,(H,22,23)(H,20,21,25)/t14-/m1/s1. The summed E-state index contributed by atoms with van der Waals surface area (Å²) < 4.78 is 0. The minimum Gasteiger partial charge on any atom is -0.336 e. The molecule has 2 aliphatic rings. The molecular formula is C19H23N5O2. The first kappa shape index (κ1) is 16.8. The minimum atomic E-state index is -0.226. The molecule has 0 spiro atoms. The number of aryl methyl sites for hydroxylation is 1. The number of anilines is 1. The number of pyridine rings is 1. The fourth-order valence-corrected chi connectivity index (χ4v) is 3.42. The molecule has 26 heavy (non-hydrogen) atoms. The monoisotopic (exact) mass is 353 g/mol. The lowest BCUT2D eigenvalue weighted by molar-refractivity contribution is -0.121. The molecule has 4 rings (SSSR count). The van der Waals surface area contributed by atoms with Crippen molar-refractivity contribution < 1.29 is 9.59 Å². The summed E-state index contributed by atoms with van der Waals surface area (Å²) in [5.41, 5.74) is 2.42. The Labute approximate surface area is 152 Å². The maximum atomic E-state index is 12.7. The third-order valence-electron chi connectivity index (χ3n) is 5.16. The fourth-order valence-electron chi connectivity index (χ4n) is 3.42. The lowest BCUT2D eigenvalue weighted by Crippen LogP contribution is -2.44. The SMILES string of the molecule is Cc1cccnc1NC(=O)[C@@H]1CCCN(C(=O)c2cc(C3CC3)[nH]n2)C1. The highest BCUT2D eigenvalue weighted by Crippen LogP contribution is 2.39. The van der Waals surface area contributed by atoms with Crippen LogP contribution >= 0.6 is 0 Å². The van der Waals surface area contributed by atoms with Crippen molar-refractivity contribution in [2.75, 3.05) is 18.4 Å². The molecule has 1 saturated heterocycles. The van der Waals surface area contributed by atoms with Crippen molar-refractivity contribution in [2.24, 2.45) is 5.92 Å². The molecule has 2 N–H and O–H groups in total. The molecule has 1 atom stereocenters. The quantitative estimate of drug-likeness (QED) is 0.883. The van der Waals surface area contributed by atoms with E-state index >= 15 is 0 Å². The number of H-pyrrole nitrogens is 1. The van der Waals surface area contributed by atoms with E-state index in [2.05, 4.69) is 20.5 Å². The Morgan fingerprint density at radius 3 is 2.92 bits per heavy atom. The molecular weight excluding hydrogens is 330 g/mol. The molecule has 3 heterocycles. The normalized spacial score (nSPS) is 20.0. The molecule has 7 heteroatoms. The van der Waals surface area contributed by atoms with Gasteiger partial charge in [0.15, 0.2) is 0 Å². The molecule has 7 nitrogen and oxygen atoms in total. The van der Waals surface area contributed by atoms with E-state index in [0.29, 0.717) is 30.5 Å². The van der Waals surface area contributed by atoms with Gasteiger partial charge in [0, 0.05) is 30.9 Å². The Morgan fingerprint density at radius 2 is 2.15 bits per heavy atom. The van der Waals surface area contributed by atoms with Crippen LogP contribution in [0.2, 0.25) is 0 Å².